The number of carbonyl (C=O) groups is 1. The Bertz CT molecular complexity index is 1200. The number of terminal acetylenes is 1. The summed E-state index contributed by atoms with van der Waals surface area (Å²) in [6, 6.07) is 13.7. The minimum absolute atomic E-state index is 0.203. The van der Waals surface area contributed by atoms with Crippen LogP contribution in [0, 0.1) is 12.3 Å². The number of carbonyl (C=O) groups excluding carboxylic acids is 1. The number of rotatable bonds is 5. The van der Waals surface area contributed by atoms with Gasteiger partial charge in [0.25, 0.3) is 5.91 Å². The molecule has 3 aromatic rings. The van der Waals surface area contributed by atoms with E-state index in [1.165, 1.54) is 17.4 Å². The summed E-state index contributed by atoms with van der Waals surface area (Å²) < 4.78 is 31.3. The Morgan fingerprint density at radius 2 is 2.00 bits per heavy atom. The van der Waals surface area contributed by atoms with Crippen LogP contribution < -0.4 is 9.54 Å². The summed E-state index contributed by atoms with van der Waals surface area (Å²) in [4.78, 5) is 16.9. The fourth-order valence-corrected chi connectivity index (χ4v) is 4.22. The lowest BCUT2D eigenvalue weighted by Gasteiger charge is -2.03. The number of para-hydroxylation sites is 1. The van der Waals surface area contributed by atoms with Crippen molar-refractivity contribution in [2.45, 2.75) is 11.4 Å². The summed E-state index contributed by atoms with van der Waals surface area (Å²) in [5.74, 6) is 2.64. The maximum absolute atomic E-state index is 12.2. The van der Waals surface area contributed by atoms with E-state index in [2.05, 4.69) is 10.9 Å². The molecule has 8 heteroatoms. The highest BCUT2D eigenvalue weighted by Crippen LogP contribution is 2.21. The van der Waals surface area contributed by atoms with Gasteiger partial charge in [-0.25, -0.2) is 8.42 Å². The molecule has 0 aliphatic carbocycles. The Balaban J connectivity index is 1.96. The molecular formula is C19H16N2O4S2. The largest absolute Gasteiger partial charge is 0.484 e. The van der Waals surface area contributed by atoms with Crippen LogP contribution in [0.2, 0.25) is 0 Å². The molecule has 0 saturated carbocycles. The number of ether oxygens (including phenoxy) is 1. The number of amides is 1. The van der Waals surface area contributed by atoms with Crippen molar-refractivity contribution >= 4 is 37.3 Å². The summed E-state index contributed by atoms with van der Waals surface area (Å²) in [6.45, 7) is 0.00673. The van der Waals surface area contributed by atoms with E-state index in [1.807, 2.05) is 18.2 Å². The summed E-state index contributed by atoms with van der Waals surface area (Å²) in [7, 11) is -3.33. The maximum atomic E-state index is 12.2. The lowest BCUT2D eigenvalue weighted by Crippen LogP contribution is -2.19. The maximum Gasteiger partial charge on any atom is 0.286 e. The van der Waals surface area contributed by atoms with Crippen LogP contribution in [0.3, 0.4) is 0 Å². The van der Waals surface area contributed by atoms with Crippen molar-refractivity contribution in [3.05, 3.63) is 53.3 Å². The molecule has 0 atom stereocenters. The highest BCUT2D eigenvalue weighted by molar-refractivity contribution is 7.90. The van der Waals surface area contributed by atoms with Gasteiger partial charge in [-0.15, -0.1) is 6.42 Å². The zero-order valence-corrected chi connectivity index (χ0v) is 16.1. The molecule has 0 bridgehead atoms. The third-order valence-electron chi connectivity index (χ3n) is 3.66. The molecule has 0 radical (unpaired) electrons. The summed E-state index contributed by atoms with van der Waals surface area (Å²) in [6.07, 6.45) is 6.58. The zero-order valence-electron chi connectivity index (χ0n) is 14.5. The monoisotopic (exact) mass is 400 g/mol. The fourth-order valence-electron chi connectivity index (χ4n) is 2.41. The van der Waals surface area contributed by atoms with E-state index in [-0.39, 0.29) is 18.0 Å². The Morgan fingerprint density at radius 3 is 2.67 bits per heavy atom. The molecule has 0 fully saturated rings. The van der Waals surface area contributed by atoms with Gasteiger partial charge in [0.15, 0.2) is 21.2 Å². The Hall–Kier alpha value is -2.89. The first-order valence-corrected chi connectivity index (χ1v) is 10.6. The van der Waals surface area contributed by atoms with Crippen LogP contribution >= 0.6 is 11.3 Å². The quantitative estimate of drug-likeness (QED) is 0.616. The topological polar surface area (TPSA) is 77.7 Å². The van der Waals surface area contributed by atoms with E-state index < -0.39 is 15.7 Å². The van der Waals surface area contributed by atoms with Crippen molar-refractivity contribution in [3.8, 4) is 18.1 Å². The molecule has 0 spiro atoms. The summed E-state index contributed by atoms with van der Waals surface area (Å²) >= 11 is 1.20. The fraction of sp³-hybridized carbons (Fsp3) is 0.158. The summed E-state index contributed by atoms with van der Waals surface area (Å²) in [5, 5.41) is 0. The van der Waals surface area contributed by atoms with Crippen LogP contribution in [0.1, 0.15) is 0 Å². The molecule has 1 amide bonds. The van der Waals surface area contributed by atoms with Crippen molar-refractivity contribution in [3.63, 3.8) is 0 Å². The average Bonchev–Trinajstić information content (AvgIpc) is 2.97. The molecule has 0 aliphatic heterocycles. The second-order valence-corrected chi connectivity index (χ2v) is 8.71. The van der Waals surface area contributed by atoms with E-state index in [1.54, 1.807) is 28.8 Å². The molecule has 3 rings (SSSR count). The van der Waals surface area contributed by atoms with Crippen molar-refractivity contribution < 1.29 is 17.9 Å². The van der Waals surface area contributed by atoms with Gasteiger partial charge in [-0.05, 0) is 30.3 Å². The van der Waals surface area contributed by atoms with Crippen LogP contribution in [-0.4, -0.2) is 31.8 Å². The number of aromatic nitrogens is 1. The normalized spacial score (nSPS) is 12.1. The Kier molecular flexibility index (Phi) is 5.44. The van der Waals surface area contributed by atoms with Crippen molar-refractivity contribution in [2.24, 2.45) is 4.99 Å². The minimum atomic E-state index is -3.33. The highest BCUT2D eigenvalue weighted by atomic mass is 32.2. The molecule has 1 heterocycles. The predicted octanol–water partition coefficient (Wildman–Crippen LogP) is 2.25. The van der Waals surface area contributed by atoms with Crippen molar-refractivity contribution in [1.82, 2.24) is 4.57 Å². The first-order valence-electron chi connectivity index (χ1n) is 7.91. The second kappa shape index (κ2) is 7.78. The molecular weight excluding hydrogens is 384 g/mol. The van der Waals surface area contributed by atoms with E-state index >= 15 is 0 Å². The van der Waals surface area contributed by atoms with E-state index in [9.17, 15) is 13.2 Å². The van der Waals surface area contributed by atoms with Gasteiger partial charge in [0.05, 0.1) is 21.7 Å². The molecule has 0 saturated heterocycles. The van der Waals surface area contributed by atoms with Crippen molar-refractivity contribution in [2.75, 3.05) is 12.9 Å². The SMILES string of the molecule is C#CCn1c(=NC(=O)COc2ccccc2)sc2cc(S(C)(=O)=O)ccc21. The van der Waals surface area contributed by atoms with Gasteiger partial charge < -0.3 is 9.30 Å². The van der Waals surface area contributed by atoms with Crippen molar-refractivity contribution in [1.29, 1.82) is 0 Å². The predicted molar refractivity (Wildman–Crippen MR) is 104 cm³/mol. The second-order valence-electron chi connectivity index (χ2n) is 5.68. The standard InChI is InChI=1S/C19H16N2O4S2/c1-3-11-21-16-10-9-15(27(2,23)24)12-17(16)26-19(21)20-18(22)13-25-14-7-5-4-6-8-14/h1,4-10,12H,11,13H2,2H3. The van der Waals surface area contributed by atoms with E-state index in [0.29, 0.717) is 15.3 Å². The number of nitrogens with zero attached hydrogens (tertiary/aromatic N) is 2. The molecule has 1 aromatic heterocycles. The number of hydrogen-bond donors (Lipinski definition) is 0. The van der Waals surface area contributed by atoms with Gasteiger partial charge in [-0.1, -0.05) is 35.5 Å². The number of hydrogen-bond acceptors (Lipinski definition) is 5. The first-order chi connectivity index (χ1) is 12.9. The molecule has 0 N–H and O–H groups in total. The number of benzene rings is 2. The van der Waals surface area contributed by atoms with Gasteiger partial charge in [-0.2, -0.15) is 4.99 Å². The lowest BCUT2D eigenvalue weighted by atomic mass is 10.3. The Labute approximate surface area is 160 Å². The lowest BCUT2D eigenvalue weighted by molar-refractivity contribution is -0.120. The smallest absolute Gasteiger partial charge is 0.286 e. The van der Waals surface area contributed by atoms with Gasteiger partial charge in [0.2, 0.25) is 0 Å². The molecule has 0 aliphatic rings. The summed E-state index contributed by atoms with van der Waals surface area (Å²) in [5.41, 5.74) is 0.723. The van der Waals surface area contributed by atoms with Gasteiger partial charge in [-0.3, -0.25) is 4.79 Å². The molecule has 2 aromatic carbocycles. The number of thiazole rings is 1. The molecule has 6 nitrogen and oxygen atoms in total. The van der Waals surface area contributed by atoms with E-state index in [4.69, 9.17) is 11.2 Å². The third kappa shape index (κ3) is 4.45. The van der Waals surface area contributed by atoms with Crippen LogP contribution in [-0.2, 0) is 21.2 Å². The zero-order chi connectivity index (χ0) is 19.4. The number of sulfone groups is 1. The number of fused-ring (bicyclic) bond motifs is 1. The van der Waals surface area contributed by atoms with Crippen LogP contribution in [0.15, 0.2) is 58.4 Å². The van der Waals surface area contributed by atoms with Gasteiger partial charge >= 0.3 is 0 Å². The minimum Gasteiger partial charge on any atom is -0.484 e. The third-order valence-corrected chi connectivity index (χ3v) is 5.81. The first kappa shape index (κ1) is 18.9. The molecule has 0 unspecified atom stereocenters. The van der Waals surface area contributed by atoms with E-state index in [0.717, 1.165) is 11.8 Å². The highest BCUT2D eigenvalue weighted by Gasteiger charge is 2.12. The van der Waals surface area contributed by atoms with Crippen LogP contribution in [0.4, 0.5) is 0 Å². The molecule has 138 valence electrons. The van der Waals surface area contributed by atoms with Gasteiger partial charge in [0, 0.05) is 6.26 Å². The molecule has 27 heavy (non-hydrogen) atoms. The Morgan fingerprint density at radius 1 is 1.26 bits per heavy atom. The average molecular weight is 400 g/mol. The van der Waals surface area contributed by atoms with Crippen LogP contribution in [0.5, 0.6) is 5.75 Å². The van der Waals surface area contributed by atoms with Gasteiger partial charge in [0.1, 0.15) is 5.75 Å². The van der Waals surface area contributed by atoms with Crippen LogP contribution in [0.25, 0.3) is 10.2 Å².